The molecule has 0 aliphatic heterocycles. The van der Waals surface area contributed by atoms with Crippen molar-refractivity contribution in [2.75, 3.05) is 6.61 Å². The van der Waals surface area contributed by atoms with Gasteiger partial charge in [0.1, 0.15) is 0 Å². The van der Waals surface area contributed by atoms with Crippen molar-refractivity contribution in [1.29, 1.82) is 0 Å². The van der Waals surface area contributed by atoms with Gasteiger partial charge >= 0.3 is 0 Å². The van der Waals surface area contributed by atoms with Gasteiger partial charge in [-0.05, 0) is 26.0 Å². The van der Waals surface area contributed by atoms with Crippen LogP contribution in [0.4, 0.5) is 0 Å². The molecule has 0 bridgehead atoms. The van der Waals surface area contributed by atoms with E-state index in [2.05, 4.69) is 17.6 Å². The fourth-order valence-corrected chi connectivity index (χ4v) is 1.23. The quantitative estimate of drug-likeness (QED) is 0.648. The van der Waals surface area contributed by atoms with Gasteiger partial charge in [0.25, 0.3) is 0 Å². The van der Waals surface area contributed by atoms with Gasteiger partial charge in [0.2, 0.25) is 0 Å². The molecular formula is C9H15NO. The zero-order valence-electron chi connectivity index (χ0n) is 7.37. The van der Waals surface area contributed by atoms with E-state index in [1.807, 2.05) is 26.2 Å². The molecule has 0 fully saturated rings. The van der Waals surface area contributed by atoms with E-state index >= 15 is 0 Å². The number of ether oxygens (including phenoxy) is 1. The van der Waals surface area contributed by atoms with Gasteiger partial charge < -0.3 is 9.30 Å². The average Bonchev–Trinajstić information content (AvgIpc) is 2.36. The van der Waals surface area contributed by atoms with Crippen molar-refractivity contribution < 1.29 is 4.74 Å². The fraction of sp³-hybridized carbons (Fsp3) is 0.556. The van der Waals surface area contributed by atoms with Crippen LogP contribution in [0.25, 0.3) is 0 Å². The van der Waals surface area contributed by atoms with E-state index in [4.69, 9.17) is 4.74 Å². The maximum Gasteiger partial charge on any atom is 0.0946 e. The number of aromatic nitrogens is 1. The van der Waals surface area contributed by atoms with Crippen LogP contribution in [-0.2, 0) is 11.8 Å². The van der Waals surface area contributed by atoms with Crippen LogP contribution >= 0.6 is 0 Å². The first kappa shape index (κ1) is 8.34. The van der Waals surface area contributed by atoms with Crippen LogP contribution < -0.4 is 0 Å². The molecule has 1 aromatic rings. The summed E-state index contributed by atoms with van der Waals surface area (Å²) in [6, 6.07) is 4.12. The van der Waals surface area contributed by atoms with Crippen LogP contribution in [0.1, 0.15) is 25.6 Å². The lowest BCUT2D eigenvalue weighted by molar-refractivity contribution is 0.0714. The summed E-state index contributed by atoms with van der Waals surface area (Å²) in [5, 5.41) is 0. The van der Waals surface area contributed by atoms with E-state index in [9.17, 15) is 0 Å². The number of hydrogen-bond acceptors (Lipinski definition) is 1. The summed E-state index contributed by atoms with van der Waals surface area (Å²) in [5.41, 5.74) is 1.23. The van der Waals surface area contributed by atoms with Crippen molar-refractivity contribution in [3.63, 3.8) is 0 Å². The Morgan fingerprint density at radius 1 is 1.64 bits per heavy atom. The second-order valence-electron chi connectivity index (χ2n) is 2.64. The summed E-state index contributed by atoms with van der Waals surface area (Å²) < 4.78 is 7.53. The van der Waals surface area contributed by atoms with Gasteiger partial charge in [-0.3, -0.25) is 0 Å². The van der Waals surface area contributed by atoms with E-state index in [0.29, 0.717) is 0 Å². The Hall–Kier alpha value is -0.760. The minimum absolute atomic E-state index is 0.208. The van der Waals surface area contributed by atoms with Gasteiger partial charge in [0, 0.05) is 25.5 Å². The smallest absolute Gasteiger partial charge is 0.0946 e. The molecule has 62 valence electrons. The van der Waals surface area contributed by atoms with Crippen LogP contribution in [0, 0.1) is 0 Å². The molecule has 0 aliphatic carbocycles. The normalized spacial score (nSPS) is 13.4. The zero-order valence-corrected chi connectivity index (χ0v) is 7.37. The molecule has 0 amide bonds. The van der Waals surface area contributed by atoms with E-state index < -0.39 is 0 Å². The van der Waals surface area contributed by atoms with Crippen molar-refractivity contribution in [3.05, 3.63) is 24.0 Å². The topological polar surface area (TPSA) is 14.2 Å². The lowest BCUT2D eigenvalue weighted by atomic mass is 10.3. The van der Waals surface area contributed by atoms with Crippen LogP contribution in [-0.4, -0.2) is 11.2 Å². The summed E-state index contributed by atoms with van der Waals surface area (Å²) in [6.07, 6.45) is 2.24. The zero-order chi connectivity index (χ0) is 8.27. The van der Waals surface area contributed by atoms with Crippen LogP contribution in [0.3, 0.4) is 0 Å². The molecular weight excluding hydrogens is 138 g/mol. The van der Waals surface area contributed by atoms with Gasteiger partial charge in [0.15, 0.2) is 0 Å². The maximum atomic E-state index is 5.45. The van der Waals surface area contributed by atoms with Gasteiger partial charge in [-0.2, -0.15) is 0 Å². The molecule has 1 rings (SSSR count). The second kappa shape index (κ2) is 3.58. The Bertz CT molecular complexity index is 217. The predicted molar refractivity (Wildman–Crippen MR) is 45.5 cm³/mol. The monoisotopic (exact) mass is 153 g/mol. The molecule has 0 radical (unpaired) electrons. The highest BCUT2D eigenvalue weighted by Gasteiger charge is 2.06. The molecule has 0 spiro atoms. The van der Waals surface area contributed by atoms with Crippen molar-refractivity contribution >= 4 is 0 Å². The third-order valence-electron chi connectivity index (χ3n) is 1.82. The highest BCUT2D eigenvalue weighted by Crippen LogP contribution is 2.15. The third-order valence-corrected chi connectivity index (χ3v) is 1.82. The summed E-state index contributed by atoms with van der Waals surface area (Å²) in [7, 11) is 2.03. The first-order chi connectivity index (χ1) is 5.25. The molecule has 1 unspecified atom stereocenters. The van der Waals surface area contributed by atoms with E-state index in [1.165, 1.54) is 5.69 Å². The highest BCUT2D eigenvalue weighted by molar-refractivity contribution is 5.08. The summed E-state index contributed by atoms with van der Waals surface area (Å²) in [6.45, 7) is 4.85. The SMILES string of the molecule is CCOC(C)c1cccn1C. The van der Waals surface area contributed by atoms with Gasteiger partial charge in [-0.15, -0.1) is 0 Å². The van der Waals surface area contributed by atoms with Crippen molar-refractivity contribution in [3.8, 4) is 0 Å². The molecule has 2 heteroatoms. The molecule has 2 nitrogen and oxygen atoms in total. The molecule has 0 saturated heterocycles. The van der Waals surface area contributed by atoms with Crippen molar-refractivity contribution in [2.24, 2.45) is 7.05 Å². The second-order valence-corrected chi connectivity index (χ2v) is 2.64. The molecule has 0 saturated carbocycles. The molecule has 0 aromatic carbocycles. The minimum atomic E-state index is 0.208. The third kappa shape index (κ3) is 1.84. The number of rotatable bonds is 3. The van der Waals surface area contributed by atoms with Crippen LogP contribution in [0.15, 0.2) is 18.3 Å². The molecule has 1 aromatic heterocycles. The Morgan fingerprint density at radius 2 is 2.36 bits per heavy atom. The molecule has 11 heavy (non-hydrogen) atoms. The number of hydrogen-bond donors (Lipinski definition) is 0. The van der Waals surface area contributed by atoms with E-state index in [0.717, 1.165) is 6.61 Å². The van der Waals surface area contributed by atoms with Gasteiger partial charge in [-0.1, -0.05) is 0 Å². The van der Waals surface area contributed by atoms with Crippen molar-refractivity contribution in [2.45, 2.75) is 20.0 Å². The number of nitrogens with zero attached hydrogens (tertiary/aromatic N) is 1. The largest absolute Gasteiger partial charge is 0.373 e. The van der Waals surface area contributed by atoms with E-state index in [-0.39, 0.29) is 6.10 Å². The molecule has 0 N–H and O–H groups in total. The summed E-state index contributed by atoms with van der Waals surface area (Å²) in [4.78, 5) is 0. The van der Waals surface area contributed by atoms with Crippen LogP contribution in [0.5, 0.6) is 0 Å². The lowest BCUT2D eigenvalue weighted by Crippen LogP contribution is -2.04. The molecule has 1 heterocycles. The Morgan fingerprint density at radius 3 is 2.82 bits per heavy atom. The molecule has 1 atom stereocenters. The van der Waals surface area contributed by atoms with Crippen LogP contribution in [0.2, 0.25) is 0 Å². The average molecular weight is 153 g/mol. The highest BCUT2D eigenvalue weighted by atomic mass is 16.5. The van der Waals surface area contributed by atoms with E-state index in [1.54, 1.807) is 0 Å². The fourth-order valence-electron chi connectivity index (χ4n) is 1.23. The number of aryl methyl sites for hydroxylation is 1. The predicted octanol–water partition coefficient (Wildman–Crippen LogP) is 2.12. The maximum absolute atomic E-state index is 5.45. The summed E-state index contributed by atoms with van der Waals surface area (Å²) >= 11 is 0. The van der Waals surface area contributed by atoms with Gasteiger partial charge in [-0.25, -0.2) is 0 Å². The summed E-state index contributed by atoms with van der Waals surface area (Å²) in [5.74, 6) is 0. The Kier molecular flexibility index (Phi) is 2.71. The van der Waals surface area contributed by atoms with Crippen molar-refractivity contribution in [1.82, 2.24) is 4.57 Å². The Balaban J connectivity index is 2.67. The minimum Gasteiger partial charge on any atom is -0.373 e. The first-order valence-electron chi connectivity index (χ1n) is 3.98. The standard InChI is InChI=1S/C9H15NO/c1-4-11-8(2)9-6-5-7-10(9)3/h5-8H,4H2,1-3H3. The lowest BCUT2D eigenvalue weighted by Gasteiger charge is -2.12. The first-order valence-corrected chi connectivity index (χ1v) is 3.98. The Labute approximate surface area is 67.8 Å². The van der Waals surface area contributed by atoms with Gasteiger partial charge in [0.05, 0.1) is 6.10 Å². The molecule has 0 aliphatic rings.